The molecule has 18 heavy (non-hydrogen) atoms. The van der Waals surface area contributed by atoms with Crippen molar-refractivity contribution in [1.29, 1.82) is 0 Å². The van der Waals surface area contributed by atoms with Crippen molar-refractivity contribution in [3.05, 3.63) is 23.5 Å². The van der Waals surface area contributed by atoms with E-state index in [4.69, 9.17) is 0 Å². The minimum atomic E-state index is 0.363. The summed E-state index contributed by atoms with van der Waals surface area (Å²) in [6, 6.07) is 0. The molecular formula is C16H23NO. The molecule has 2 nitrogen and oxygen atoms in total. The van der Waals surface area contributed by atoms with E-state index in [0.29, 0.717) is 5.78 Å². The highest BCUT2D eigenvalue weighted by Crippen LogP contribution is 2.28. The monoisotopic (exact) mass is 245 g/mol. The highest BCUT2D eigenvalue weighted by Gasteiger charge is 2.19. The molecule has 0 bridgehead atoms. The van der Waals surface area contributed by atoms with Gasteiger partial charge in [-0.3, -0.25) is 4.79 Å². The van der Waals surface area contributed by atoms with Gasteiger partial charge in [-0.15, -0.1) is 0 Å². The van der Waals surface area contributed by atoms with Crippen LogP contribution in [0, 0.1) is 5.92 Å². The van der Waals surface area contributed by atoms with Gasteiger partial charge in [-0.2, -0.15) is 0 Å². The van der Waals surface area contributed by atoms with Crippen LogP contribution in [0.2, 0.25) is 0 Å². The SMILES string of the molecule is O=C1CCCCc2cn(CCC3CCCC3)cc21. The number of carbonyl (C=O) groups is 1. The molecule has 0 aliphatic heterocycles. The van der Waals surface area contributed by atoms with E-state index in [0.717, 1.165) is 37.3 Å². The smallest absolute Gasteiger partial charge is 0.164 e. The molecule has 0 atom stereocenters. The fraction of sp³-hybridized carbons (Fsp3) is 0.688. The highest BCUT2D eigenvalue weighted by atomic mass is 16.1. The first-order valence-corrected chi connectivity index (χ1v) is 7.55. The first-order valence-electron chi connectivity index (χ1n) is 7.55. The second-order valence-electron chi connectivity index (χ2n) is 6.00. The van der Waals surface area contributed by atoms with Crippen LogP contribution in [-0.2, 0) is 13.0 Å². The summed E-state index contributed by atoms with van der Waals surface area (Å²) in [7, 11) is 0. The number of nitrogens with zero attached hydrogens (tertiary/aromatic N) is 1. The molecular weight excluding hydrogens is 222 g/mol. The Kier molecular flexibility index (Phi) is 3.53. The van der Waals surface area contributed by atoms with Gasteiger partial charge in [-0.1, -0.05) is 25.7 Å². The zero-order valence-electron chi connectivity index (χ0n) is 11.2. The summed E-state index contributed by atoms with van der Waals surface area (Å²) in [4.78, 5) is 12.0. The molecule has 0 N–H and O–H groups in total. The number of rotatable bonds is 3. The number of Topliss-reactive ketones (excluding diaryl/α,β-unsaturated/α-hetero) is 1. The lowest BCUT2D eigenvalue weighted by Crippen LogP contribution is -2.02. The first kappa shape index (κ1) is 12.0. The molecule has 1 aromatic heterocycles. The molecule has 1 saturated carbocycles. The third kappa shape index (κ3) is 2.52. The predicted octanol–water partition coefficient (Wildman–Crippen LogP) is 3.98. The maximum atomic E-state index is 12.0. The molecule has 98 valence electrons. The maximum absolute atomic E-state index is 12.0. The Labute approximate surface area is 109 Å². The van der Waals surface area contributed by atoms with Crippen LogP contribution in [0.4, 0.5) is 0 Å². The summed E-state index contributed by atoms with van der Waals surface area (Å²) in [5.74, 6) is 1.30. The van der Waals surface area contributed by atoms with E-state index in [-0.39, 0.29) is 0 Å². The molecule has 1 fully saturated rings. The van der Waals surface area contributed by atoms with Gasteiger partial charge in [0, 0.05) is 30.9 Å². The van der Waals surface area contributed by atoms with E-state index in [2.05, 4.69) is 17.0 Å². The number of aryl methyl sites for hydroxylation is 2. The van der Waals surface area contributed by atoms with Crippen LogP contribution in [-0.4, -0.2) is 10.4 Å². The van der Waals surface area contributed by atoms with Crippen LogP contribution >= 0.6 is 0 Å². The van der Waals surface area contributed by atoms with Gasteiger partial charge >= 0.3 is 0 Å². The second kappa shape index (κ2) is 5.29. The fourth-order valence-electron chi connectivity index (χ4n) is 3.50. The van der Waals surface area contributed by atoms with Gasteiger partial charge in [0.15, 0.2) is 5.78 Å². The molecule has 2 aliphatic carbocycles. The molecule has 1 heterocycles. The van der Waals surface area contributed by atoms with Gasteiger partial charge in [0.2, 0.25) is 0 Å². The Morgan fingerprint density at radius 3 is 2.67 bits per heavy atom. The Morgan fingerprint density at radius 1 is 1.06 bits per heavy atom. The average Bonchev–Trinajstić information content (AvgIpc) is 2.98. The van der Waals surface area contributed by atoms with Gasteiger partial charge in [-0.05, 0) is 37.2 Å². The van der Waals surface area contributed by atoms with E-state index >= 15 is 0 Å². The average molecular weight is 245 g/mol. The van der Waals surface area contributed by atoms with Gasteiger partial charge in [-0.25, -0.2) is 0 Å². The van der Waals surface area contributed by atoms with E-state index in [9.17, 15) is 4.79 Å². The fourth-order valence-corrected chi connectivity index (χ4v) is 3.50. The van der Waals surface area contributed by atoms with Crippen molar-refractivity contribution in [2.24, 2.45) is 5.92 Å². The van der Waals surface area contributed by atoms with E-state index in [1.807, 2.05) is 0 Å². The molecule has 0 amide bonds. The Bertz CT molecular complexity index is 426. The van der Waals surface area contributed by atoms with Crippen molar-refractivity contribution in [3.8, 4) is 0 Å². The molecule has 2 aliphatic rings. The Hall–Kier alpha value is -1.05. The van der Waals surface area contributed by atoms with Gasteiger partial charge < -0.3 is 4.57 Å². The van der Waals surface area contributed by atoms with Gasteiger partial charge in [0.1, 0.15) is 0 Å². The van der Waals surface area contributed by atoms with Crippen molar-refractivity contribution >= 4 is 5.78 Å². The quantitative estimate of drug-likeness (QED) is 0.738. The third-order valence-corrected chi connectivity index (χ3v) is 4.63. The predicted molar refractivity (Wildman–Crippen MR) is 72.9 cm³/mol. The van der Waals surface area contributed by atoms with Crippen LogP contribution in [0.1, 0.15) is 67.3 Å². The second-order valence-corrected chi connectivity index (χ2v) is 6.00. The van der Waals surface area contributed by atoms with Crippen LogP contribution in [0.25, 0.3) is 0 Å². The number of aromatic nitrogens is 1. The van der Waals surface area contributed by atoms with Crippen LogP contribution in [0.3, 0.4) is 0 Å². The van der Waals surface area contributed by atoms with E-state index < -0.39 is 0 Å². The summed E-state index contributed by atoms with van der Waals surface area (Å²) >= 11 is 0. The van der Waals surface area contributed by atoms with Gasteiger partial charge in [0.25, 0.3) is 0 Å². The van der Waals surface area contributed by atoms with Crippen LogP contribution in [0.15, 0.2) is 12.4 Å². The molecule has 1 aromatic rings. The van der Waals surface area contributed by atoms with Crippen molar-refractivity contribution in [2.45, 2.75) is 64.3 Å². The zero-order valence-corrected chi connectivity index (χ0v) is 11.2. The van der Waals surface area contributed by atoms with Crippen molar-refractivity contribution in [2.75, 3.05) is 0 Å². The van der Waals surface area contributed by atoms with Crippen molar-refractivity contribution in [1.82, 2.24) is 4.57 Å². The first-order chi connectivity index (χ1) is 8.83. The lowest BCUT2D eigenvalue weighted by Gasteiger charge is -2.09. The van der Waals surface area contributed by atoms with E-state index in [1.165, 1.54) is 44.1 Å². The summed E-state index contributed by atoms with van der Waals surface area (Å²) in [6.07, 6.45) is 15.4. The van der Waals surface area contributed by atoms with Crippen LogP contribution < -0.4 is 0 Å². The van der Waals surface area contributed by atoms with Crippen LogP contribution in [0.5, 0.6) is 0 Å². The molecule has 0 aromatic carbocycles. The lowest BCUT2D eigenvalue weighted by molar-refractivity contribution is 0.0982. The molecule has 0 spiro atoms. The number of hydrogen-bond donors (Lipinski definition) is 0. The molecule has 0 radical (unpaired) electrons. The third-order valence-electron chi connectivity index (χ3n) is 4.63. The highest BCUT2D eigenvalue weighted by molar-refractivity contribution is 5.97. The van der Waals surface area contributed by atoms with Crippen molar-refractivity contribution in [3.63, 3.8) is 0 Å². The lowest BCUT2D eigenvalue weighted by atomic mass is 10.0. The number of hydrogen-bond acceptors (Lipinski definition) is 1. The number of carbonyl (C=O) groups excluding carboxylic acids is 1. The summed E-state index contributed by atoms with van der Waals surface area (Å²) in [5.41, 5.74) is 2.31. The normalized spacial score (nSPS) is 21.0. The molecule has 0 saturated heterocycles. The van der Waals surface area contributed by atoms with E-state index in [1.54, 1.807) is 0 Å². The standard InChI is InChI=1S/C16H23NO/c18-16-8-4-3-7-14-11-17(12-15(14)16)10-9-13-5-1-2-6-13/h11-13H,1-10H2. The molecule has 3 rings (SSSR count). The zero-order chi connectivity index (χ0) is 12.4. The Morgan fingerprint density at radius 2 is 1.83 bits per heavy atom. The largest absolute Gasteiger partial charge is 0.353 e. The minimum Gasteiger partial charge on any atom is -0.353 e. The minimum absolute atomic E-state index is 0.363. The summed E-state index contributed by atoms with van der Waals surface area (Å²) < 4.78 is 2.27. The van der Waals surface area contributed by atoms with Crippen molar-refractivity contribution < 1.29 is 4.79 Å². The Balaban J connectivity index is 1.66. The summed E-state index contributed by atoms with van der Waals surface area (Å²) in [6.45, 7) is 1.10. The maximum Gasteiger partial charge on any atom is 0.164 e. The summed E-state index contributed by atoms with van der Waals surface area (Å²) in [5, 5.41) is 0. The molecule has 2 heteroatoms. The molecule has 0 unspecified atom stereocenters. The number of ketones is 1. The number of fused-ring (bicyclic) bond motifs is 1. The topological polar surface area (TPSA) is 22.0 Å². The van der Waals surface area contributed by atoms with Gasteiger partial charge in [0.05, 0.1) is 0 Å².